The smallest absolute Gasteiger partial charge is 0.0506 e. The van der Waals surface area contributed by atoms with Crippen LogP contribution >= 0.6 is 0 Å². The fraction of sp³-hybridized carbons (Fsp3) is 1.00. The van der Waals surface area contributed by atoms with E-state index in [9.17, 15) is 0 Å². The highest BCUT2D eigenvalue weighted by atomic mass is 16.5. The van der Waals surface area contributed by atoms with Crippen molar-refractivity contribution in [3.63, 3.8) is 0 Å². The van der Waals surface area contributed by atoms with Gasteiger partial charge in [-0.25, -0.2) is 0 Å². The fourth-order valence-electron chi connectivity index (χ4n) is 2.93. The van der Waals surface area contributed by atoms with Gasteiger partial charge in [0.05, 0.1) is 6.61 Å². The van der Waals surface area contributed by atoms with E-state index in [0.717, 1.165) is 25.2 Å². The normalized spacial score (nSPS) is 20.1. The molecule has 1 unspecified atom stereocenters. The van der Waals surface area contributed by atoms with Crippen molar-refractivity contribution in [1.29, 1.82) is 0 Å². The molecule has 0 amide bonds. The maximum atomic E-state index is 5.57. The lowest BCUT2D eigenvalue weighted by molar-refractivity contribution is 0.0535. The van der Waals surface area contributed by atoms with Crippen LogP contribution in [-0.4, -0.2) is 25.8 Å². The molecule has 1 N–H and O–H groups in total. The lowest BCUT2D eigenvalue weighted by Crippen LogP contribution is -2.36. The van der Waals surface area contributed by atoms with E-state index in [1.807, 2.05) is 0 Å². The molecule has 1 aliphatic heterocycles. The van der Waals surface area contributed by atoms with E-state index in [1.54, 1.807) is 0 Å². The van der Waals surface area contributed by atoms with E-state index in [2.05, 4.69) is 19.2 Å². The van der Waals surface area contributed by atoms with Crippen molar-refractivity contribution >= 4 is 0 Å². The summed E-state index contributed by atoms with van der Waals surface area (Å²) in [4.78, 5) is 0. The number of hydrogen-bond donors (Lipinski definition) is 1. The molecule has 0 aromatic carbocycles. The van der Waals surface area contributed by atoms with Crippen LogP contribution in [0, 0.1) is 5.92 Å². The number of ether oxygens (including phenoxy) is 1. The van der Waals surface area contributed by atoms with Crippen molar-refractivity contribution in [1.82, 2.24) is 5.32 Å². The van der Waals surface area contributed by atoms with Gasteiger partial charge in [-0.15, -0.1) is 0 Å². The second kappa shape index (κ2) is 11.7. The molecular formula is C17H35NO. The van der Waals surface area contributed by atoms with Gasteiger partial charge in [0.1, 0.15) is 0 Å². The quantitative estimate of drug-likeness (QED) is 0.556. The van der Waals surface area contributed by atoms with Crippen molar-refractivity contribution in [3.05, 3.63) is 0 Å². The predicted molar refractivity (Wildman–Crippen MR) is 83.6 cm³/mol. The topological polar surface area (TPSA) is 21.3 Å². The van der Waals surface area contributed by atoms with Gasteiger partial charge < -0.3 is 10.1 Å². The summed E-state index contributed by atoms with van der Waals surface area (Å²) in [6.07, 6.45) is 13.6. The molecule has 0 saturated carbocycles. The van der Waals surface area contributed by atoms with Gasteiger partial charge in [0, 0.05) is 19.2 Å². The van der Waals surface area contributed by atoms with Crippen LogP contribution in [0.1, 0.15) is 78.1 Å². The summed E-state index contributed by atoms with van der Waals surface area (Å²) in [5, 5.41) is 3.83. The summed E-state index contributed by atoms with van der Waals surface area (Å²) in [7, 11) is 0. The molecule has 1 fully saturated rings. The molecule has 0 spiro atoms. The molecule has 1 aliphatic rings. The maximum Gasteiger partial charge on any atom is 0.0506 e. The predicted octanol–water partition coefficient (Wildman–Crippen LogP) is 4.53. The third kappa shape index (κ3) is 8.65. The molecule has 0 aromatic rings. The molecular weight excluding hydrogens is 234 g/mol. The van der Waals surface area contributed by atoms with E-state index < -0.39 is 0 Å². The van der Waals surface area contributed by atoms with E-state index in [-0.39, 0.29) is 0 Å². The molecule has 1 rings (SSSR count). The van der Waals surface area contributed by atoms with Gasteiger partial charge in [-0.05, 0) is 31.6 Å². The first-order valence-electron chi connectivity index (χ1n) is 8.68. The van der Waals surface area contributed by atoms with Crippen LogP contribution in [0.5, 0.6) is 0 Å². The van der Waals surface area contributed by atoms with Gasteiger partial charge in [0.2, 0.25) is 0 Å². The molecule has 114 valence electrons. The van der Waals surface area contributed by atoms with E-state index in [0.29, 0.717) is 0 Å². The second-order valence-electron chi connectivity index (χ2n) is 6.18. The lowest BCUT2D eigenvalue weighted by Gasteiger charge is -2.26. The fourth-order valence-corrected chi connectivity index (χ4v) is 2.93. The Labute approximate surface area is 120 Å². The number of nitrogens with one attached hydrogen (secondary N) is 1. The Morgan fingerprint density at radius 2 is 1.74 bits per heavy atom. The van der Waals surface area contributed by atoms with Crippen molar-refractivity contribution in [2.45, 2.75) is 84.1 Å². The SMILES string of the molecule is CCCCCC(CCCCC)NCC1CCCOC1. The number of rotatable bonds is 11. The van der Waals surface area contributed by atoms with Crippen LogP contribution in [0.3, 0.4) is 0 Å². The van der Waals surface area contributed by atoms with Gasteiger partial charge in [-0.1, -0.05) is 52.4 Å². The van der Waals surface area contributed by atoms with Crippen molar-refractivity contribution in [3.8, 4) is 0 Å². The summed E-state index contributed by atoms with van der Waals surface area (Å²) >= 11 is 0. The highest BCUT2D eigenvalue weighted by molar-refractivity contribution is 4.72. The highest BCUT2D eigenvalue weighted by Gasteiger charge is 2.15. The summed E-state index contributed by atoms with van der Waals surface area (Å²) in [5.74, 6) is 0.758. The molecule has 1 heterocycles. The van der Waals surface area contributed by atoms with Crippen molar-refractivity contribution < 1.29 is 4.74 Å². The Balaban J connectivity index is 2.17. The van der Waals surface area contributed by atoms with E-state index >= 15 is 0 Å². The third-order valence-electron chi connectivity index (χ3n) is 4.26. The summed E-state index contributed by atoms with van der Waals surface area (Å²) < 4.78 is 5.57. The first kappa shape index (κ1) is 17.0. The zero-order valence-corrected chi connectivity index (χ0v) is 13.3. The van der Waals surface area contributed by atoms with Crippen LogP contribution in [0.4, 0.5) is 0 Å². The van der Waals surface area contributed by atoms with Crippen molar-refractivity contribution in [2.24, 2.45) is 5.92 Å². The van der Waals surface area contributed by atoms with Gasteiger partial charge in [-0.2, -0.15) is 0 Å². The maximum absolute atomic E-state index is 5.57. The van der Waals surface area contributed by atoms with Crippen molar-refractivity contribution in [2.75, 3.05) is 19.8 Å². The zero-order valence-electron chi connectivity index (χ0n) is 13.3. The van der Waals surface area contributed by atoms with Crippen LogP contribution in [0.25, 0.3) is 0 Å². The molecule has 0 aromatic heterocycles. The lowest BCUT2D eigenvalue weighted by atomic mass is 9.99. The van der Waals surface area contributed by atoms with Gasteiger partial charge in [0.25, 0.3) is 0 Å². The monoisotopic (exact) mass is 269 g/mol. The Kier molecular flexibility index (Phi) is 10.5. The first-order chi connectivity index (χ1) is 9.36. The molecule has 1 atom stereocenters. The minimum atomic E-state index is 0.750. The molecule has 0 radical (unpaired) electrons. The summed E-state index contributed by atoms with van der Waals surface area (Å²) in [6, 6.07) is 0.750. The highest BCUT2D eigenvalue weighted by Crippen LogP contribution is 2.15. The standard InChI is InChI=1S/C17H35NO/c1-3-5-7-11-17(12-8-6-4-2)18-14-16-10-9-13-19-15-16/h16-18H,3-15H2,1-2H3. The minimum absolute atomic E-state index is 0.750. The molecule has 2 nitrogen and oxygen atoms in total. The Morgan fingerprint density at radius 3 is 2.26 bits per heavy atom. The van der Waals surface area contributed by atoms with Gasteiger partial charge >= 0.3 is 0 Å². The van der Waals surface area contributed by atoms with Gasteiger partial charge in [0.15, 0.2) is 0 Å². The Morgan fingerprint density at radius 1 is 1.05 bits per heavy atom. The van der Waals surface area contributed by atoms with Crippen LogP contribution in [0.15, 0.2) is 0 Å². The zero-order chi connectivity index (χ0) is 13.8. The van der Waals surface area contributed by atoms with Crippen LogP contribution in [-0.2, 0) is 4.74 Å². The Hall–Kier alpha value is -0.0800. The third-order valence-corrected chi connectivity index (χ3v) is 4.26. The van der Waals surface area contributed by atoms with E-state index in [4.69, 9.17) is 4.74 Å². The molecule has 1 saturated heterocycles. The summed E-state index contributed by atoms with van der Waals surface area (Å²) in [5.41, 5.74) is 0. The number of unbranched alkanes of at least 4 members (excludes halogenated alkanes) is 4. The Bertz CT molecular complexity index is 180. The van der Waals surface area contributed by atoms with Crippen LogP contribution < -0.4 is 5.32 Å². The molecule has 0 aliphatic carbocycles. The average molecular weight is 269 g/mol. The largest absolute Gasteiger partial charge is 0.381 e. The molecule has 0 bridgehead atoms. The van der Waals surface area contributed by atoms with E-state index in [1.165, 1.54) is 70.8 Å². The number of hydrogen-bond acceptors (Lipinski definition) is 2. The molecule has 19 heavy (non-hydrogen) atoms. The summed E-state index contributed by atoms with van der Waals surface area (Å²) in [6.45, 7) is 7.71. The minimum Gasteiger partial charge on any atom is -0.381 e. The van der Waals surface area contributed by atoms with Gasteiger partial charge in [-0.3, -0.25) is 0 Å². The second-order valence-corrected chi connectivity index (χ2v) is 6.18. The average Bonchev–Trinajstić information content (AvgIpc) is 2.45. The molecule has 2 heteroatoms. The first-order valence-corrected chi connectivity index (χ1v) is 8.68. The van der Waals surface area contributed by atoms with Crippen LogP contribution in [0.2, 0.25) is 0 Å².